The lowest BCUT2D eigenvalue weighted by Gasteiger charge is -2.26. The lowest BCUT2D eigenvalue weighted by atomic mass is 10.1. The van der Waals surface area contributed by atoms with Gasteiger partial charge in [0.25, 0.3) is 0 Å². The van der Waals surface area contributed by atoms with Gasteiger partial charge in [-0.3, -0.25) is 0 Å². The Kier molecular flexibility index (Phi) is 7.23. The summed E-state index contributed by atoms with van der Waals surface area (Å²) in [6, 6.07) is 11.7. The summed E-state index contributed by atoms with van der Waals surface area (Å²) >= 11 is 0. The minimum Gasteiger partial charge on any atom is -0.494 e. The maximum atomic E-state index is 14.3. The molecule has 3 rings (SSSR count). The van der Waals surface area contributed by atoms with Crippen LogP contribution in [0.1, 0.15) is 18.1 Å². The Morgan fingerprint density at radius 2 is 1.42 bits per heavy atom. The van der Waals surface area contributed by atoms with Gasteiger partial charge in [0, 0.05) is 24.3 Å². The third kappa shape index (κ3) is 5.42. The van der Waals surface area contributed by atoms with E-state index in [2.05, 4.69) is 0 Å². The Hall–Kier alpha value is -3.18. The molecule has 2 N–H and O–H groups in total. The van der Waals surface area contributed by atoms with Crippen molar-refractivity contribution in [1.29, 1.82) is 0 Å². The number of sulfonamides is 1. The van der Waals surface area contributed by atoms with Gasteiger partial charge in [-0.1, -0.05) is 18.2 Å². The average Bonchev–Trinajstić information content (AvgIpc) is 2.79. The van der Waals surface area contributed by atoms with Crippen molar-refractivity contribution in [3.8, 4) is 5.75 Å². The lowest BCUT2D eigenvalue weighted by molar-refractivity contribution is 0.340. The second kappa shape index (κ2) is 9.75. The molecule has 0 saturated carbocycles. The Balaban J connectivity index is 2.07. The third-order valence-electron chi connectivity index (χ3n) is 4.77. The van der Waals surface area contributed by atoms with Gasteiger partial charge in [-0.15, -0.1) is 0 Å². The van der Waals surface area contributed by atoms with Crippen LogP contribution in [0.25, 0.3) is 0 Å². The fourth-order valence-corrected chi connectivity index (χ4v) is 3.71. The number of hydrogen-bond donors (Lipinski definition) is 1. The van der Waals surface area contributed by atoms with Gasteiger partial charge < -0.3 is 9.64 Å². The number of benzene rings is 3. The SMILES string of the molecule is CCOc1ccc(CN(Cc2c(F)c(F)c(F)c(F)c2F)c2cccc(S(N)(=O)=O)c2)cc1. The molecule has 176 valence electrons. The number of hydrogen-bond acceptors (Lipinski definition) is 4. The number of rotatable bonds is 8. The van der Waals surface area contributed by atoms with Gasteiger partial charge in [-0.2, -0.15) is 0 Å². The zero-order valence-electron chi connectivity index (χ0n) is 17.3. The second-order valence-electron chi connectivity index (χ2n) is 7.02. The van der Waals surface area contributed by atoms with Crippen molar-refractivity contribution >= 4 is 15.7 Å². The third-order valence-corrected chi connectivity index (χ3v) is 5.68. The van der Waals surface area contributed by atoms with Crippen LogP contribution in [0.2, 0.25) is 0 Å². The summed E-state index contributed by atoms with van der Waals surface area (Å²) in [5.41, 5.74) is -0.318. The van der Waals surface area contributed by atoms with E-state index in [1.54, 1.807) is 31.2 Å². The van der Waals surface area contributed by atoms with Crippen LogP contribution in [0.3, 0.4) is 0 Å². The van der Waals surface area contributed by atoms with Gasteiger partial charge in [0.15, 0.2) is 23.3 Å². The number of nitrogens with zero attached hydrogens (tertiary/aromatic N) is 1. The smallest absolute Gasteiger partial charge is 0.238 e. The van der Waals surface area contributed by atoms with Crippen molar-refractivity contribution in [3.05, 3.63) is 88.7 Å². The predicted molar refractivity (Wildman–Crippen MR) is 112 cm³/mol. The highest BCUT2D eigenvalue weighted by Gasteiger charge is 2.27. The van der Waals surface area contributed by atoms with Crippen molar-refractivity contribution in [3.63, 3.8) is 0 Å². The van der Waals surface area contributed by atoms with Gasteiger partial charge in [-0.25, -0.2) is 35.5 Å². The fourth-order valence-electron chi connectivity index (χ4n) is 3.15. The first-order valence-electron chi connectivity index (χ1n) is 9.62. The molecule has 0 fully saturated rings. The predicted octanol–water partition coefficient (Wildman–Crippen LogP) is 4.64. The van der Waals surface area contributed by atoms with E-state index in [1.807, 2.05) is 0 Å². The van der Waals surface area contributed by atoms with E-state index < -0.39 is 51.2 Å². The quantitative estimate of drug-likeness (QED) is 0.286. The first-order chi connectivity index (χ1) is 15.5. The van der Waals surface area contributed by atoms with E-state index >= 15 is 0 Å². The van der Waals surface area contributed by atoms with Crippen LogP contribution in [0.4, 0.5) is 27.6 Å². The molecule has 0 bridgehead atoms. The average molecular weight is 486 g/mol. The molecule has 3 aromatic carbocycles. The van der Waals surface area contributed by atoms with Gasteiger partial charge in [0.05, 0.1) is 11.5 Å². The summed E-state index contributed by atoms with van der Waals surface area (Å²) in [6.45, 7) is 1.44. The molecule has 0 heterocycles. The molecule has 0 spiro atoms. The van der Waals surface area contributed by atoms with Crippen molar-refractivity contribution in [2.24, 2.45) is 5.14 Å². The molecule has 0 unspecified atom stereocenters. The minimum atomic E-state index is -4.11. The van der Waals surface area contributed by atoms with E-state index in [0.717, 1.165) is 6.07 Å². The molecule has 0 atom stereocenters. The zero-order chi connectivity index (χ0) is 24.3. The van der Waals surface area contributed by atoms with E-state index in [4.69, 9.17) is 9.88 Å². The van der Waals surface area contributed by atoms with Crippen LogP contribution in [0, 0.1) is 29.1 Å². The van der Waals surface area contributed by atoms with Crippen LogP contribution in [0.5, 0.6) is 5.75 Å². The summed E-state index contributed by atoms with van der Waals surface area (Å²) < 4.78 is 98.4. The summed E-state index contributed by atoms with van der Waals surface area (Å²) in [5, 5.41) is 5.16. The summed E-state index contributed by atoms with van der Waals surface area (Å²) in [5.74, 6) is -9.75. The summed E-state index contributed by atoms with van der Waals surface area (Å²) in [6.07, 6.45) is 0. The molecule has 0 amide bonds. The number of ether oxygens (including phenoxy) is 1. The molecular weight excluding hydrogens is 467 g/mol. The van der Waals surface area contributed by atoms with Crippen molar-refractivity contribution in [2.75, 3.05) is 11.5 Å². The molecule has 33 heavy (non-hydrogen) atoms. The van der Waals surface area contributed by atoms with E-state index in [9.17, 15) is 30.4 Å². The first kappa shape index (κ1) is 24.5. The molecular formula is C22H19F5N2O3S. The monoisotopic (exact) mass is 486 g/mol. The highest BCUT2D eigenvalue weighted by Crippen LogP contribution is 2.28. The zero-order valence-corrected chi connectivity index (χ0v) is 18.1. The van der Waals surface area contributed by atoms with Crippen molar-refractivity contribution < 1.29 is 35.1 Å². The van der Waals surface area contributed by atoms with Crippen LogP contribution in [-0.2, 0) is 23.1 Å². The Labute approximate surface area is 187 Å². The number of primary sulfonamides is 1. The Morgan fingerprint density at radius 3 is 1.97 bits per heavy atom. The van der Waals surface area contributed by atoms with Crippen LogP contribution < -0.4 is 14.8 Å². The van der Waals surface area contributed by atoms with Crippen molar-refractivity contribution in [1.82, 2.24) is 0 Å². The maximum Gasteiger partial charge on any atom is 0.238 e. The van der Waals surface area contributed by atoms with E-state index in [-0.39, 0.29) is 17.1 Å². The fraction of sp³-hybridized carbons (Fsp3) is 0.182. The van der Waals surface area contributed by atoms with Gasteiger partial charge >= 0.3 is 0 Å². The molecule has 0 radical (unpaired) electrons. The summed E-state index contributed by atoms with van der Waals surface area (Å²) in [4.78, 5) is 0.983. The Morgan fingerprint density at radius 1 is 0.848 bits per heavy atom. The van der Waals surface area contributed by atoms with Crippen LogP contribution >= 0.6 is 0 Å². The topological polar surface area (TPSA) is 72.6 Å². The summed E-state index contributed by atoms with van der Waals surface area (Å²) in [7, 11) is -4.11. The molecule has 0 aliphatic carbocycles. The lowest BCUT2D eigenvalue weighted by Crippen LogP contribution is -2.25. The van der Waals surface area contributed by atoms with Gasteiger partial charge in [0.2, 0.25) is 15.8 Å². The second-order valence-corrected chi connectivity index (χ2v) is 8.59. The number of halogens is 5. The molecule has 0 aromatic heterocycles. The Bertz CT molecular complexity index is 1240. The largest absolute Gasteiger partial charge is 0.494 e. The highest BCUT2D eigenvalue weighted by atomic mass is 32.2. The molecule has 0 aliphatic rings. The molecule has 0 saturated heterocycles. The molecule has 0 aliphatic heterocycles. The van der Waals surface area contributed by atoms with Gasteiger partial charge in [-0.05, 0) is 42.8 Å². The number of anilines is 1. The first-order valence-corrected chi connectivity index (χ1v) is 11.2. The molecule has 3 aromatic rings. The van der Waals surface area contributed by atoms with E-state index in [0.29, 0.717) is 17.9 Å². The number of nitrogens with two attached hydrogens (primary N) is 1. The normalized spacial score (nSPS) is 11.5. The van der Waals surface area contributed by atoms with Gasteiger partial charge in [0.1, 0.15) is 5.75 Å². The standard InChI is InChI=1S/C22H19F5N2O3S/c1-2-32-15-8-6-13(7-9-15)11-29(14-4-3-5-16(10-14)33(28,30)31)12-17-18(23)20(25)22(27)21(26)19(17)24/h3-10H,2,11-12H2,1H3,(H2,28,30,31). The maximum absolute atomic E-state index is 14.3. The van der Waals surface area contributed by atoms with Crippen LogP contribution in [-0.4, -0.2) is 15.0 Å². The molecule has 5 nitrogen and oxygen atoms in total. The van der Waals surface area contributed by atoms with E-state index in [1.165, 1.54) is 23.1 Å². The van der Waals surface area contributed by atoms with Crippen LogP contribution in [0.15, 0.2) is 53.4 Å². The molecule has 11 heteroatoms. The minimum absolute atomic E-state index is 0.0556. The van der Waals surface area contributed by atoms with Crippen molar-refractivity contribution in [2.45, 2.75) is 24.9 Å². The highest BCUT2D eigenvalue weighted by molar-refractivity contribution is 7.89.